The molecule has 0 spiro atoms. The monoisotopic (exact) mass is 442 g/mol. The van der Waals surface area contributed by atoms with Crippen LogP contribution in [0.3, 0.4) is 0 Å². The van der Waals surface area contributed by atoms with Crippen LogP contribution < -0.4 is 5.73 Å². The molecule has 158 valence electrons. The summed E-state index contributed by atoms with van der Waals surface area (Å²) in [6.45, 7) is 1.89. The van der Waals surface area contributed by atoms with Gasteiger partial charge in [-0.1, -0.05) is 35.9 Å². The highest BCUT2D eigenvalue weighted by atomic mass is 32.2. The first-order chi connectivity index (χ1) is 15.4. The Morgan fingerprint density at radius 1 is 0.969 bits per heavy atom. The summed E-state index contributed by atoms with van der Waals surface area (Å²) in [5, 5.41) is 4.41. The van der Waals surface area contributed by atoms with Gasteiger partial charge in [0.25, 0.3) is 0 Å². The van der Waals surface area contributed by atoms with E-state index in [-0.39, 0.29) is 26.8 Å². The molecule has 3 heterocycles. The number of rotatable bonds is 4. The minimum atomic E-state index is -3.98. The lowest BCUT2D eigenvalue weighted by Crippen LogP contribution is -2.06. The largest absolute Gasteiger partial charge is 0.382 e. The Bertz CT molecular complexity index is 1590. The van der Waals surface area contributed by atoms with E-state index in [1.807, 2.05) is 25.1 Å². The number of hydrogen-bond acceptors (Lipinski definition) is 7. The highest BCUT2D eigenvalue weighted by molar-refractivity contribution is 7.92. The maximum Gasteiger partial charge on any atom is 0.212 e. The molecule has 0 amide bonds. The first kappa shape index (κ1) is 19.8. The molecule has 0 atom stereocenters. The van der Waals surface area contributed by atoms with E-state index in [0.717, 1.165) is 11.1 Å². The molecule has 32 heavy (non-hydrogen) atoms. The van der Waals surface area contributed by atoms with Crippen molar-refractivity contribution in [3.05, 3.63) is 84.2 Å². The lowest BCUT2D eigenvalue weighted by Gasteiger charge is -2.05. The third kappa shape index (κ3) is 3.28. The Labute approximate surface area is 184 Å². The number of benzene rings is 2. The SMILES string of the molecule is Cc1ccc(S(=O)(=O)c2c(N)n(/N=C\c3cccnc3)c3nc4ccccc4nc23)cc1. The predicted octanol–water partition coefficient (Wildman–Crippen LogP) is 3.59. The molecule has 2 aromatic carbocycles. The van der Waals surface area contributed by atoms with Crippen LogP contribution in [0.4, 0.5) is 5.82 Å². The van der Waals surface area contributed by atoms with E-state index in [1.54, 1.807) is 61.1 Å². The Hall–Kier alpha value is -4.11. The number of pyridine rings is 1. The summed E-state index contributed by atoms with van der Waals surface area (Å²) in [7, 11) is -3.98. The fraction of sp³-hybridized carbons (Fsp3) is 0.0435. The highest BCUT2D eigenvalue weighted by Gasteiger charge is 2.30. The van der Waals surface area contributed by atoms with Crippen molar-refractivity contribution in [2.24, 2.45) is 5.10 Å². The topological polar surface area (TPSA) is 116 Å². The second-order valence-corrected chi connectivity index (χ2v) is 9.14. The molecule has 3 aromatic heterocycles. The molecule has 5 rings (SSSR count). The zero-order chi connectivity index (χ0) is 22.3. The van der Waals surface area contributed by atoms with Gasteiger partial charge < -0.3 is 5.73 Å². The minimum Gasteiger partial charge on any atom is -0.382 e. The van der Waals surface area contributed by atoms with Gasteiger partial charge in [0.1, 0.15) is 16.2 Å². The van der Waals surface area contributed by atoms with Gasteiger partial charge in [-0.2, -0.15) is 9.78 Å². The molecule has 0 saturated carbocycles. The average molecular weight is 443 g/mol. The summed E-state index contributed by atoms with van der Waals surface area (Å²) in [6, 6.07) is 17.4. The van der Waals surface area contributed by atoms with Gasteiger partial charge in [-0.25, -0.2) is 18.4 Å². The lowest BCUT2D eigenvalue weighted by atomic mass is 10.2. The van der Waals surface area contributed by atoms with Gasteiger partial charge in [-0.15, -0.1) is 0 Å². The van der Waals surface area contributed by atoms with Gasteiger partial charge in [0, 0.05) is 18.0 Å². The summed E-state index contributed by atoms with van der Waals surface area (Å²) in [6.07, 6.45) is 4.83. The van der Waals surface area contributed by atoms with Crippen molar-refractivity contribution in [3.8, 4) is 0 Å². The smallest absolute Gasteiger partial charge is 0.212 e. The zero-order valence-corrected chi connectivity index (χ0v) is 17.9. The molecular formula is C23H18N6O2S. The van der Waals surface area contributed by atoms with E-state index in [9.17, 15) is 8.42 Å². The third-order valence-electron chi connectivity index (χ3n) is 5.04. The number of aromatic nitrogens is 4. The number of fused-ring (bicyclic) bond motifs is 2. The fourth-order valence-corrected chi connectivity index (χ4v) is 4.90. The minimum absolute atomic E-state index is 0.0592. The molecule has 9 heteroatoms. The summed E-state index contributed by atoms with van der Waals surface area (Å²) in [5.74, 6) is -0.0592. The number of anilines is 1. The summed E-state index contributed by atoms with van der Waals surface area (Å²) in [4.78, 5) is 13.3. The molecule has 0 saturated heterocycles. The molecule has 0 aliphatic heterocycles. The summed E-state index contributed by atoms with van der Waals surface area (Å²) < 4.78 is 28.5. The van der Waals surface area contributed by atoms with Crippen molar-refractivity contribution in [2.75, 3.05) is 5.73 Å². The van der Waals surface area contributed by atoms with E-state index < -0.39 is 9.84 Å². The second-order valence-electron chi connectivity index (χ2n) is 7.26. The van der Waals surface area contributed by atoms with Crippen LogP contribution in [-0.2, 0) is 9.84 Å². The van der Waals surface area contributed by atoms with Crippen LogP contribution in [0.5, 0.6) is 0 Å². The van der Waals surface area contributed by atoms with Gasteiger partial charge >= 0.3 is 0 Å². The molecule has 5 aromatic rings. The van der Waals surface area contributed by atoms with E-state index >= 15 is 0 Å². The maximum atomic E-state index is 13.6. The number of aryl methyl sites for hydroxylation is 1. The van der Waals surface area contributed by atoms with Crippen molar-refractivity contribution in [1.29, 1.82) is 0 Å². The van der Waals surface area contributed by atoms with Crippen LogP contribution in [0.25, 0.3) is 22.2 Å². The molecule has 2 N–H and O–H groups in total. The molecule has 8 nitrogen and oxygen atoms in total. The van der Waals surface area contributed by atoms with Crippen LogP contribution in [0.2, 0.25) is 0 Å². The number of nitrogens with two attached hydrogens (primary N) is 1. The summed E-state index contributed by atoms with van der Waals surface area (Å²) in [5.41, 5.74) is 9.65. The van der Waals surface area contributed by atoms with Crippen LogP contribution in [0.15, 0.2) is 87.9 Å². The standard InChI is InChI=1S/C23H18N6O2S/c1-15-8-10-17(11-9-15)32(30,31)21-20-23(28-19-7-3-2-6-18(19)27-20)29(22(21)24)26-14-16-5-4-12-25-13-16/h2-14H,24H2,1H3/b26-14-. The quantitative estimate of drug-likeness (QED) is 0.425. The Kier molecular flexibility index (Phi) is 4.67. The van der Waals surface area contributed by atoms with Gasteiger partial charge in [0.2, 0.25) is 9.84 Å². The van der Waals surface area contributed by atoms with Crippen molar-refractivity contribution >= 4 is 44.1 Å². The molecule has 0 bridgehead atoms. The second kappa shape index (κ2) is 7.54. The fourth-order valence-electron chi connectivity index (χ4n) is 3.42. The molecule has 0 fully saturated rings. The van der Waals surface area contributed by atoms with Crippen molar-refractivity contribution < 1.29 is 8.42 Å². The molecule has 0 aliphatic rings. The number of nitrogens with zero attached hydrogens (tertiary/aromatic N) is 5. The average Bonchev–Trinajstić information content (AvgIpc) is 3.07. The van der Waals surface area contributed by atoms with Crippen molar-refractivity contribution in [3.63, 3.8) is 0 Å². The van der Waals surface area contributed by atoms with E-state index in [4.69, 9.17) is 5.73 Å². The number of nitrogen functional groups attached to an aromatic ring is 1. The van der Waals surface area contributed by atoms with Crippen LogP contribution in [0, 0.1) is 6.92 Å². The first-order valence-electron chi connectivity index (χ1n) is 9.78. The Morgan fingerprint density at radius 3 is 2.38 bits per heavy atom. The number of hydrogen-bond donors (Lipinski definition) is 1. The predicted molar refractivity (Wildman–Crippen MR) is 123 cm³/mol. The van der Waals surface area contributed by atoms with Crippen LogP contribution in [0.1, 0.15) is 11.1 Å². The third-order valence-corrected chi connectivity index (χ3v) is 6.87. The Morgan fingerprint density at radius 2 is 1.69 bits per heavy atom. The van der Waals surface area contributed by atoms with Gasteiger partial charge in [0.15, 0.2) is 5.65 Å². The zero-order valence-electron chi connectivity index (χ0n) is 17.0. The first-order valence-corrected chi connectivity index (χ1v) is 11.3. The number of sulfone groups is 1. The highest BCUT2D eigenvalue weighted by Crippen LogP contribution is 2.35. The van der Waals surface area contributed by atoms with E-state index in [2.05, 4.69) is 20.1 Å². The molecule has 0 radical (unpaired) electrons. The Balaban J connectivity index is 1.81. The summed E-state index contributed by atoms with van der Waals surface area (Å²) >= 11 is 0. The van der Waals surface area contributed by atoms with Gasteiger partial charge in [0.05, 0.1) is 22.1 Å². The van der Waals surface area contributed by atoms with Gasteiger partial charge in [-0.3, -0.25) is 4.98 Å². The maximum absolute atomic E-state index is 13.6. The lowest BCUT2D eigenvalue weighted by molar-refractivity contribution is 0.597. The van der Waals surface area contributed by atoms with Crippen molar-refractivity contribution in [2.45, 2.75) is 16.7 Å². The van der Waals surface area contributed by atoms with Crippen LogP contribution in [-0.4, -0.2) is 34.3 Å². The molecule has 0 unspecified atom stereocenters. The van der Waals surface area contributed by atoms with E-state index in [1.165, 1.54) is 4.68 Å². The van der Waals surface area contributed by atoms with Crippen molar-refractivity contribution in [1.82, 2.24) is 19.6 Å². The van der Waals surface area contributed by atoms with E-state index in [0.29, 0.717) is 11.0 Å². The van der Waals surface area contributed by atoms with Gasteiger partial charge in [-0.05, 0) is 37.3 Å². The molecule has 0 aliphatic carbocycles. The van der Waals surface area contributed by atoms with Crippen LogP contribution >= 0.6 is 0 Å². The number of para-hydroxylation sites is 2. The normalized spacial score (nSPS) is 12.2. The molecular weight excluding hydrogens is 424 g/mol.